The molecule has 1 unspecified atom stereocenters. The summed E-state index contributed by atoms with van der Waals surface area (Å²) in [6.07, 6.45) is 0.144. The molecule has 0 aliphatic carbocycles. The molecule has 2 aromatic carbocycles. The molecule has 4 heteroatoms. The highest BCUT2D eigenvalue weighted by Crippen LogP contribution is 2.23. The Kier molecular flexibility index (Phi) is 6.63. The van der Waals surface area contributed by atoms with Crippen molar-refractivity contribution in [3.63, 3.8) is 0 Å². The standard InChI is InChI=1S/C19H24N2O2/c1-15(22)12-13-20-19(23)21-14-18(16-8-4-2-5-9-16)17-10-6-3-7-11-17/h2-11,15,18,22H,12-14H2,1H3,(H2,20,21,23). The third-order valence-electron chi connectivity index (χ3n) is 3.72. The van der Waals surface area contributed by atoms with E-state index in [1.807, 2.05) is 36.4 Å². The molecule has 0 aliphatic rings. The fourth-order valence-electron chi connectivity index (χ4n) is 2.45. The van der Waals surface area contributed by atoms with E-state index in [-0.39, 0.29) is 11.9 Å². The lowest BCUT2D eigenvalue weighted by Crippen LogP contribution is -2.39. The van der Waals surface area contributed by atoms with E-state index in [0.29, 0.717) is 19.5 Å². The maximum atomic E-state index is 11.9. The lowest BCUT2D eigenvalue weighted by atomic mass is 9.91. The largest absolute Gasteiger partial charge is 0.393 e. The van der Waals surface area contributed by atoms with E-state index in [1.54, 1.807) is 6.92 Å². The van der Waals surface area contributed by atoms with Crippen LogP contribution in [0.1, 0.15) is 30.4 Å². The van der Waals surface area contributed by atoms with Crippen LogP contribution in [-0.4, -0.2) is 30.3 Å². The second kappa shape index (κ2) is 8.96. The smallest absolute Gasteiger partial charge is 0.314 e. The average molecular weight is 312 g/mol. The third-order valence-corrected chi connectivity index (χ3v) is 3.72. The second-order valence-electron chi connectivity index (χ2n) is 5.65. The summed E-state index contributed by atoms with van der Waals surface area (Å²) in [5.74, 6) is 0.111. The van der Waals surface area contributed by atoms with E-state index in [0.717, 1.165) is 0 Å². The van der Waals surface area contributed by atoms with Crippen LogP contribution in [0.4, 0.5) is 4.79 Å². The lowest BCUT2D eigenvalue weighted by molar-refractivity contribution is 0.183. The molecule has 4 nitrogen and oxygen atoms in total. The molecule has 122 valence electrons. The zero-order valence-corrected chi connectivity index (χ0v) is 13.4. The number of rotatable bonds is 7. The fraction of sp³-hybridized carbons (Fsp3) is 0.316. The number of aliphatic hydroxyl groups excluding tert-OH is 1. The van der Waals surface area contributed by atoms with Crippen LogP contribution >= 0.6 is 0 Å². The van der Waals surface area contributed by atoms with Gasteiger partial charge in [-0.15, -0.1) is 0 Å². The van der Waals surface area contributed by atoms with Gasteiger partial charge in [0, 0.05) is 19.0 Å². The van der Waals surface area contributed by atoms with Gasteiger partial charge in [0.25, 0.3) is 0 Å². The van der Waals surface area contributed by atoms with Gasteiger partial charge in [-0.3, -0.25) is 0 Å². The van der Waals surface area contributed by atoms with Gasteiger partial charge in [0.15, 0.2) is 0 Å². The molecule has 2 aromatic rings. The van der Waals surface area contributed by atoms with Gasteiger partial charge in [-0.05, 0) is 24.5 Å². The first-order valence-electron chi connectivity index (χ1n) is 7.96. The molecular formula is C19H24N2O2. The summed E-state index contributed by atoms with van der Waals surface area (Å²) in [6.45, 7) is 2.69. The van der Waals surface area contributed by atoms with Gasteiger partial charge >= 0.3 is 6.03 Å². The van der Waals surface area contributed by atoms with Crippen LogP contribution in [0.3, 0.4) is 0 Å². The Morgan fingerprint density at radius 3 is 1.96 bits per heavy atom. The molecule has 0 heterocycles. The van der Waals surface area contributed by atoms with Crippen LogP contribution in [0.2, 0.25) is 0 Å². The van der Waals surface area contributed by atoms with Gasteiger partial charge in [0.2, 0.25) is 0 Å². The monoisotopic (exact) mass is 312 g/mol. The van der Waals surface area contributed by atoms with Gasteiger partial charge in [0.1, 0.15) is 0 Å². The summed E-state index contributed by atoms with van der Waals surface area (Å²) in [6, 6.07) is 20.1. The molecule has 1 atom stereocenters. The molecule has 23 heavy (non-hydrogen) atoms. The van der Waals surface area contributed by atoms with Crippen molar-refractivity contribution in [3.05, 3.63) is 71.8 Å². The first-order chi connectivity index (χ1) is 11.2. The minimum absolute atomic E-state index is 0.111. The number of hydrogen-bond donors (Lipinski definition) is 3. The van der Waals surface area contributed by atoms with Gasteiger partial charge < -0.3 is 15.7 Å². The maximum absolute atomic E-state index is 11.9. The molecule has 0 fully saturated rings. The minimum atomic E-state index is -0.406. The number of carbonyl (C=O) groups excluding carboxylic acids is 1. The predicted octanol–water partition coefficient (Wildman–Crippen LogP) is 2.89. The molecule has 3 N–H and O–H groups in total. The molecular weight excluding hydrogens is 288 g/mol. The average Bonchev–Trinajstić information content (AvgIpc) is 2.57. The zero-order valence-electron chi connectivity index (χ0n) is 13.4. The second-order valence-corrected chi connectivity index (χ2v) is 5.65. The Labute approximate surface area is 137 Å². The number of carbonyl (C=O) groups is 1. The molecule has 0 spiro atoms. The molecule has 2 rings (SSSR count). The topological polar surface area (TPSA) is 61.4 Å². The van der Waals surface area contributed by atoms with Gasteiger partial charge in [0.05, 0.1) is 6.10 Å². The van der Waals surface area contributed by atoms with Gasteiger partial charge in [-0.1, -0.05) is 60.7 Å². The SMILES string of the molecule is CC(O)CCNC(=O)NCC(c1ccccc1)c1ccccc1. The molecule has 2 amide bonds. The van der Waals surface area contributed by atoms with Crippen LogP contribution in [0, 0.1) is 0 Å². The van der Waals surface area contributed by atoms with Crippen LogP contribution in [0.5, 0.6) is 0 Å². The number of benzene rings is 2. The highest BCUT2D eigenvalue weighted by molar-refractivity contribution is 5.73. The minimum Gasteiger partial charge on any atom is -0.393 e. The molecule has 0 radical (unpaired) electrons. The summed E-state index contributed by atoms with van der Waals surface area (Å²) >= 11 is 0. The Bertz CT molecular complexity index is 545. The van der Waals surface area contributed by atoms with Crippen molar-refractivity contribution < 1.29 is 9.90 Å². The van der Waals surface area contributed by atoms with Crippen LogP contribution in [0.15, 0.2) is 60.7 Å². The number of amides is 2. The van der Waals surface area contributed by atoms with Crippen molar-refractivity contribution in [2.45, 2.75) is 25.4 Å². The zero-order chi connectivity index (χ0) is 16.5. The Morgan fingerprint density at radius 1 is 0.957 bits per heavy atom. The van der Waals surface area contributed by atoms with E-state index in [1.165, 1.54) is 11.1 Å². The number of urea groups is 1. The van der Waals surface area contributed by atoms with Crippen molar-refractivity contribution in [3.8, 4) is 0 Å². The van der Waals surface area contributed by atoms with Crippen LogP contribution in [-0.2, 0) is 0 Å². The first-order valence-corrected chi connectivity index (χ1v) is 7.96. The van der Waals surface area contributed by atoms with Gasteiger partial charge in [-0.2, -0.15) is 0 Å². The normalized spacial score (nSPS) is 12.0. The van der Waals surface area contributed by atoms with Crippen molar-refractivity contribution in [2.24, 2.45) is 0 Å². The van der Waals surface area contributed by atoms with Crippen LogP contribution in [0.25, 0.3) is 0 Å². The van der Waals surface area contributed by atoms with Crippen molar-refractivity contribution in [2.75, 3.05) is 13.1 Å². The van der Waals surface area contributed by atoms with Crippen molar-refractivity contribution in [1.82, 2.24) is 10.6 Å². The maximum Gasteiger partial charge on any atom is 0.314 e. The molecule has 0 bridgehead atoms. The fourth-order valence-corrected chi connectivity index (χ4v) is 2.45. The summed E-state index contributed by atoms with van der Waals surface area (Å²) < 4.78 is 0. The highest BCUT2D eigenvalue weighted by Gasteiger charge is 2.14. The summed E-state index contributed by atoms with van der Waals surface area (Å²) in [7, 11) is 0. The molecule has 0 saturated carbocycles. The van der Waals surface area contributed by atoms with E-state index in [9.17, 15) is 9.90 Å². The van der Waals surface area contributed by atoms with E-state index in [2.05, 4.69) is 34.9 Å². The molecule has 0 aliphatic heterocycles. The summed E-state index contributed by atoms with van der Waals surface area (Å²) in [5, 5.41) is 14.9. The summed E-state index contributed by atoms with van der Waals surface area (Å²) in [4.78, 5) is 11.9. The molecule has 0 aromatic heterocycles. The Hall–Kier alpha value is -2.33. The number of nitrogens with one attached hydrogen (secondary N) is 2. The highest BCUT2D eigenvalue weighted by atomic mass is 16.3. The summed E-state index contributed by atoms with van der Waals surface area (Å²) in [5.41, 5.74) is 2.34. The van der Waals surface area contributed by atoms with Crippen LogP contribution < -0.4 is 10.6 Å². The van der Waals surface area contributed by atoms with E-state index in [4.69, 9.17) is 0 Å². The van der Waals surface area contributed by atoms with Crippen molar-refractivity contribution in [1.29, 1.82) is 0 Å². The molecule has 0 saturated heterocycles. The first kappa shape index (κ1) is 17.0. The van der Waals surface area contributed by atoms with Crippen molar-refractivity contribution >= 4 is 6.03 Å². The lowest BCUT2D eigenvalue weighted by Gasteiger charge is -2.19. The third kappa shape index (κ3) is 5.75. The van der Waals surface area contributed by atoms with E-state index < -0.39 is 6.10 Å². The Balaban J connectivity index is 1.98. The number of hydrogen-bond acceptors (Lipinski definition) is 2. The van der Waals surface area contributed by atoms with E-state index >= 15 is 0 Å². The van der Waals surface area contributed by atoms with Gasteiger partial charge in [-0.25, -0.2) is 4.79 Å². The quantitative estimate of drug-likeness (QED) is 0.736. The Morgan fingerprint density at radius 2 is 1.48 bits per heavy atom. The predicted molar refractivity (Wildman–Crippen MR) is 92.4 cm³/mol. The number of aliphatic hydroxyl groups is 1.